The summed E-state index contributed by atoms with van der Waals surface area (Å²) in [5.41, 5.74) is 1.18. The van der Waals surface area contributed by atoms with Crippen LogP contribution in [0.3, 0.4) is 0 Å². The van der Waals surface area contributed by atoms with Crippen LogP contribution in [-0.4, -0.2) is 51.2 Å². The molecule has 1 atom stereocenters. The molecule has 0 aromatic carbocycles. The lowest BCUT2D eigenvalue weighted by Crippen LogP contribution is -2.34. The molecule has 2 aliphatic rings. The van der Waals surface area contributed by atoms with E-state index < -0.39 is 0 Å². The molecule has 2 aromatic heterocycles. The first-order valence-corrected chi connectivity index (χ1v) is 10.2. The molecule has 2 aliphatic heterocycles. The van der Waals surface area contributed by atoms with E-state index in [1.807, 2.05) is 6.92 Å². The summed E-state index contributed by atoms with van der Waals surface area (Å²) in [7, 11) is 0. The molecule has 0 N–H and O–H groups in total. The van der Waals surface area contributed by atoms with Crippen molar-refractivity contribution in [3.63, 3.8) is 0 Å². The lowest BCUT2D eigenvalue weighted by atomic mass is 9.94. The maximum atomic E-state index is 5.80. The van der Waals surface area contributed by atoms with Crippen LogP contribution in [0.25, 0.3) is 0 Å². The summed E-state index contributed by atoms with van der Waals surface area (Å²) in [5, 5.41) is 8.38. The highest BCUT2D eigenvalue weighted by atomic mass is 16.4. The van der Waals surface area contributed by atoms with E-state index in [1.54, 1.807) is 0 Å². The van der Waals surface area contributed by atoms with Gasteiger partial charge in [-0.3, -0.25) is 4.90 Å². The van der Waals surface area contributed by atoms with Gasteiger partial charge in [-0.2, -0.15) is 0 Å². The zero-order valence-electron chi connectivity index (χ0n) is 16.7. The molecule has 7 heteroatoms. The van der Waals surface area contributed by atoms with E-state index in [2.05, 4.69) is 44.9 Å². The highest BCUT2D eigenvalue weighted by molar-refractivity contribution is 5.41. The van der Waals surface area contributed by atoms with Crippen LogP contribution in [0.2, 0.25) is 0 Å². The Morgan fingerprint density at radius 3 is 2.67 bits per heavy atom. The molecule has 0 unspecified atom stereocenters. The maximum Gasteiger partial charge on any atom is 0.230 e. The Labute approximate surface area is 161 Å². The van der Waals surface area contributed by atoms with E-state index in [0.29, 0.717) is 5.92 Å². The zero-order chi connectivity index (χ0) is 18.8. The number of piperidine rings is 1. The summed E-state index contributed by atoms with van der Waals surface area (Å²) in [6, 6.07) is 2.22. The average Bonchev–Trinajstić information content (AvgIpc) is 3.33. The molecule has 2 saturated heterocycles. The molecule has 4 heterocycles. The molecule has 0 radical (unpaired) electrons. The number of aromatic nitrogens is 4. The summed E-state index contributed by atoms with van der Waals surface area (Å²) < 4.78 is 5.80. The van der Waals surface area contributed by atoms with Gasteiger partial charge in [-0.1, -0.05) is 13.8 Å². The van der Waals surface area contributed by atoms with Gasteiger partial charge in [0.05, 0.1) is 12.2 Å². The standard InChI is InChI=1S/C20H30N6O/c1-14(2)20-24-23-19(27-20)13-25-8-6-7-16(12-25)17-11-18(22-15(3)21-17)26-9-4-5-10-26/h11,14,16H,4-10,12-13H2,1-3H3/t16-/m0/s1. The minimum atomic E-state index is 0.272. The molecule has 0 amide bonds. The van der Waals surface area contributed by atoms with Gasteiger partial charge in [-0.15, -0.1) is 10.2 Å². The molecule has 0 saturated carbocycles. The fraction of sp³-hybridized carbons (Fsp3) is 0.700. The molecule has 7 nitrogen and oxygen atoms in total. The van der Waals surface area contributed by atoms with Gasteiger partial charge in [-0.05, 0) is 39.2 Å². The van der Waals surface area contributed by atoms with E-state index in [0.717, 1.165) is 62.6 Å². The Kier molecular flexibility index (Phi) is 5.38. The van der Waals surface area contributed by atoms with Crippen molar-refractivity contribution in [3.05, 3.63) is 29.4 Å². The van der Waals surface area contributed by atoms with Crippen LogP contribution in [-0.2, 0) is 6.54 Å². The van der Waals surface area contributed by atoms with Crippen LogP contribution in [0.4, 0.5) is 5.82 Å². The minimum Gasteiger partial charge on any atom is -0.424 e. The predicted octanol–water partition coefficient (Wildman–Crippen LogP) is 3.27. The van der Waals surface area contributed by atoms with Crippen molar-refractivity contribution in [1.82, 2.24) is 25.1 Å². The van der Waals surface area contributed by atoms with Gasteiger partial charge in [0.2, 0.25) is 11.8 Å². The first kappa shape index (κ1) is 18.3. The van der Waals surface area contributed by atoms with Crippen molar-refractivity contribution in [2.75, 3.05) is 31.1 Å². The smallest absolute Gasteiger partial charge is 0.230 e. The van der Waals surface area contributed by atoms with Crippen LogP contribution in [0.15, 0.2) is 10.5 Å². The lowest BCUT2D eigenvalue weighted by molar-refractivity contribution is 0.180. The fourth-order valence-electron chi connectivity index (χ4n) is 4.09. The normalized spacial score (nSPS) is 21.3. The second kappa shape index (κ2) is 7.92. The van der Waals surface area contributed by atoms with Crippen LogP contribution in [0.5, 0.6) is 0 Å². The number of hydrogen-bond acceptors (Lipinski definition) is 7. The quantitative estimate of drug-likeness (QED) is 0.800. The second-order valence-electron chi connectivity index (χ2n) is 8.16. The van der Waals surface area contributed by atoms with Crippen LogP contribution in [0, 0.1) is 6.92 Å². The second-order valence-corrected chi connectivity index (χ2v) is 8.16. The Morgan fingerprint density at radius 1 is 1.11 bits per heavy atom. The number of hydrogen-bond donors (Lipinski definition) is 0. The van der Waals surface area contributed by atoms with Crippen molar-refractivity contribution in [3.8, 4) is 0 Å². The lowest BCUT2D eigenvalue weighted by Gasteiger charge is -2.32. The number of anilines is 1. The largest absolute Gasteiger partial charge is 0.424 e. The summed E-state index contributed by atoms with van der Waals surface area (Å²) in [4.78, 5) is 14.3. The first-order valence-electron chi connectivity index (χ1n) is 10.2. The highest BCUT2D eigenvalue weighted by Crippen LogP contribution is 2.29. The average molecular weight is 371 g/mol. The minimum absolute atomic E-state index is 0.272. The first-order chi connectivity index (χ1) is 13.1. The molecular formula is C20H30N6O. The predicted molar refractivity (Wildman–Crippen MR) is 104 cm³/mol. The molecule has 27 heavy (non-hydrogen) atoms. The molecule has 2 fully saturated rings. The van der Waals surface area contributed by atoms with Gasteiger partial charge in [0.1, 0.15) is 11.6 Å². The van der Waals surface area contributed by atoms with Gasteiger partial charge in [0.25, 0.3) is 0 Å². The Morgan fingerprint density at radius 2 is 1.93 bits per heavy atom. The van der Waals surface area contributed by atoms with Gasteiger partial charge in [0, 0.05) is 37.5 Å². The maximum absolute atomic E-state index is 5.80. The van der Waals surface area contributed by atoms with E-state index in [1.165, 1.54) is 25.0 Å². The zero-order valence-corrected chi connectivity index (χ0v) is 16.7. The number of likely N-dealkylation sites (tertiary alicyclic amines) is 1. The van der Waals surface area contributed by atoms with Crippen molar-refractivity contribution in [1.29, 1.82) is 0 Å². The van der Waals surface area contributed by atoms with E-state index in [-0.39, 0.29) is 5.92 Å². The Balaban J connectivity index is 1.46. The van der Waals surface area contributed by atoms with Crippen LogP contribution >= 0.6 is 0 Å². The monoisotopic (exact) mass is 370 g/mol. The number of nitrogens with zero attached hydrogens (tertiary/aromatic N) is 6. The Hall–Kier alpha value is -2.02. The topological polar surface area (TPSA) is 71.2 Å². The molecule has 2 aromatic rings. The molecule has 0 aliphatic carbocycles. The van der Waals surface area contributed by atoms with E-state index in [9.17, 15) is 0 Å². The van der Waals surface area contributed by atoms with E-state index in [4.69, 9.17) is 9.40 Å². The number of rotatable bonds is 5. The van der Waals surface area contributed by atoms with Gasteiger partial charge in [-0.25, -0.2) is 9.97 Å². The summed E-state index contributed by atoms with van der Waals surface area (Å²) >= 11 is 0. The Bertz CT molecular complexity index is 768. The van der Waals surface area contributed by atoms with Crippen molar-refractivity contribution in [2.24, 2.45) is 0 Å². The summed E-state index contributed by atoms with van der Waals surface area (Å²) in [6.45, 7) is 11.2. The third-order valence-electron chi connectivity index (χ3n) is 5.53. The SMILES string of the molecule is Cc1nc([C@H]2CCCN(Cc3nnc(C(C)C)o3)C2)cc(N2CCCC2)n1. The van der Waals surface area contributed by atoms with Crippen molar-refractivity contribution < 1.29 is 4.42 Å². The summed E-state index contributed by atoms with van der Waals surface area (Å²) in [6.07, 6.45) is 4.86. The van der Waals surface area contributed by atoms with Gasteiger partial charge < -0.3 is 9.32 Å². The molecule has 0 spiro atoms. The molecule has 146 valence electrons. The van der Waals surface area contributed by atoms with Gasteiger partial charge in [0.15, 0.2) is 0 Å². The van der Waals surface area contributed by atoms with Crippen LogP contribution < -0.4 is 4.90 Å². The molecular weight excluding hydrogens is 340 g/mol. The van der Waals surface area contributed by atoms with Crippen molar-refractivity contribution in [2.45, 2.75) is 64.8 Å². The number of aryl methyl sites for hydroxylation is 1. The summed E-state index contributed by atoms with van der Waals surface area (Å²) in [5.74, 6) is 4.13. The van der Waals surface area contributed by atoms with E-state index >= 15 is 0 Å². The third kappa shape index (κ3) is 4.29. The van der Waals surface area contributed by atoms with Crippen LogP contribution in [0.1, 0.15) is 74.7 Å². The van der Waals surface area contributed by atoms with Gasteiger partial charge >= 0.3 is 0 Å². The molecule has 0 bridgehead atoms. The fourth-order valence-corrected chi connectivity index (χ4v) is 4.09. The molecule has 4 rings (SSSR count). The third-order valence-corrected chi connectivity index (χ3v) is 5.53. The van der Waals surface area contributed by atoms with Crippen molar-refractivity contribution >= 4 is 5.82 Å². The highest BCUT2D eigenvalue weighted by Gasteiger charge is 2.25.